The minimum Gasteiger partial charge on any atom is -0.349 e. The van der Waals surface area contributed by atoms with Crippen LogP contribution in [0, 0.1) is 0 Å². The number of rotatable bonds is 7. The van der Waals surface area contributed by atoms with E-state index in [2.05, 4.69) is 10.0 Å². The summed E-state index contributed by atoms with van der Waals surface area (Å²) in [6.07, 6.45) is 0.265. The van der Waals surface area contributed by atoms with Crippen LogP contribution in [0.4, 0.5) is 11.4 Å². The Morgan fingerprint density at radius 3 is 2.25 bits per heavy atom. The average Bonchev–Trinajstić information content (AvgIpc) is 2.75. The fraction of sp³-hybridized carbons (Fsp3) is 0.130. The van der Waals surface area contributed by atoms with Crippen LogP contribution in [0.25, 0.3) is 0 Å². The highest BCUT2D eigenvalue weighted by molar-refractivity contribution is 7.92. The molecule has 0 aliphatic heterocycles. The van der Waals surface area contributed by atoms with E-state index in [1.165, 1.54) is 35.2 Å². The standard InChI is InChI=1S/C23H22ClN3O4S/c1-27(2)22(28)13-16-9-11-19(12-10-16)25-23(29)17-5-3-8-21(14-17)32(30,31)26-20-7-4-6-18(24)15-20/h3-12,14-15,26H,13H2,1-2H3,(H,25,29). The van der Waals surface area contributed by atoms with Crippen LogP contribution in [0.3, 0.4) is 0 Å². The molecule has 0 saturated carbocycles. The molecule has 0 aliphatic rings. The molecule has 3 rings (SSSR count). The van der Waals surface area contributed by atoms with Gasteiger partial charge in [-0.05, 0) is 54.1 Å². The number of hydrogen-bond acceptors (Lipinski definition) is 4. The zero-order valence-electron chi connectivity index (χ0n) is 17.5. The van der Waals surface area contributed by atoms with Crippen molar-refractivity contribution in [3.05, 3.63) is 88.9 Å². The molecule has 0 bridgehead atoms. The number of halogens is 1. The second-order valence-corrected chi connectivity index (χ2v) is 9.38. The summed E-state index contributed by atoms with van der Waals surface area (Å²) in [6.45, 7) is 0. The van der Waals surface area contributed by atoms with Gasteiger partial charge in [-0.25, -0.2) is 8.42 Å². The van der Waals surface area contributed by atoms with Gasteiger partial charge in [0, 0.05) is 30.4 Å². The van der Waals surface area contributed by atoms with Gasteiger partial charge in [0.25, 0.3) is 15.9 Å². The summed E-state index contributed by atoms with van der Waals surface area (Å²) in [5.41, 5.74) is 1.86. The zero-order chi connectivity index (χ0) is 23.3. The summed E-state index contributed by atoms with van der Waals surface area (Å²) >= 11 is 5.91. The highest BCUT2D eigenvalue weighted by Crippen LogP contribution is 2.21. The molecule has 0 aliphatic carbocycles. The van der Waals surface area contributed by atoms with Gasteiger partial charge in [-0.15, -0.1) is 0 Å². The van der Waals surface area contributed by atoms with Crippen LogP contribution in [0.5, 0.6) is 0 Å². The lowest BCUT2D eigenvalue weighted by Crippen LogP contribution is -2.23. The first-order valence-electron chi connectivity index (χ1n) is 9.63. The number of nitrogens with one attached hydrogen (secondary N) is 2. The first-order chi connectivity index (χ1) is 15.1. The summed E-state index contributed by atoms with van der Waals surface area (Å²) in [4.78, 5) is 25.9. The Hall–Kier alpha value is -3.36. The number of nitrogens with zero attached hydrogens (tertiary/aromatic N) is 1. The van der Waals surface area contributed by atoms with Crippen LogP contribution < -0.4 is 10.0 Å². The molecule has 0 atom stereocenters. The Morgan fingerprint density at radius 1 is 0.906 bits per heavy atom. The quantitative estimate of drug-likeness (QED) is 0.544. The first-order valence-corrected chi connectivity index (χ1v) is 11.5. The fourth-order valence-corrected chi connectivity index (χ4v) is 4.10. The van der Waals surface area contributed by atoms with E-state index in [0.717, 1.165) is 5.56 Å². The lowest BCUT2D eigenvalue weighted by Gasteiger charge is -2.11. The van der Waals surface area contributed by atoms with Crippen LogP contribution in [0.15, 0.2) is 77.7 Å². The van der Waals surface area contributed by atoms with E-state index in [4.69, 9.17) is 11.6 Å². The molecule has 0 fully saturated rings. The largest absolute Gasteiger partial charge is 0.349 e. The van der Waals surface area contributed by atoms with Gasteiger partial charge in [-0.2, -0.15) is 0 Å². The molecule has 3 aromatic rings. The van der Waals surface area contributed by atoms with Crippen molar-refractivity contribution < 1.29 is 18.0 Å². The number of hydrogen-bond donors (Lipinski definition) is 2. The molecule has 32 heavy (non-hydrogen) atoms. The molecule has 0 heterocycles. The summed E-state index contributed by atoms with van der Waals surface area (Å²) in [5, 5.41) is 3.13. The molecular formula is C23H22ClN3O4S. The molecule has 2 N–H and O–H groups in total. The minimum absolute atomic E-state index is 0.0220. The van der Waals surface area contributed by atoms with Gasteiger partial charge in [0.15, 0.2) is 0 Å². The first kappa shape index (κ1) is 23.3. The maximum absolute atomic E-state index is 12.7. The molecule has 7 nitrogen and oxygen atoms in total. The molecule has 0 spiro atoms. The average molecular weight is 472 g/mol. The maximum Gasteiger partial charge on any atom is 0.261 e. The van der Waals surface area contributed by atoms with E-state index in [1.807, 2.05) is 0 Å². The van der Waals surface area contributed by atoms with Crippen molar-refractivity contribution in [3.8, 4) is 0 Å². The van der Waals surface area contributed by atoms with Gasteiger partial charge >= 0.3 is 0 Å². The van der Waals surface area contributed by atoms with Crippen molar-refractivity contribution >= 4 is 44.8 Å². The van der Waals surface area contributed by atoms with Crippen LogP contribution >= 0.6 is 11.6 Å². The SMILES string of the molecule is CN(C)C(=O)Cc1ccc(NC(=O)c2cccc(S(=O)(=O)Nc3cccc(Cl)c3)c2)cc1. The minimum atomic E-state index is -3.91. The Kier molecular flexibility index (Phi) is 7.17. The normalized spacial score (nSPS) is 11.0. The number of benzene rings is 3. The van der Waals surface area contributed by atoms with Crippen molar-refractivity contribution in [2.24, 2.45) is 0 Å². The molecule has 3 aromatic carbocycles. The van der Waals surface area contributed by atoms with E-state index < -0.39 is 15.9 Å². The summed E-state index contributed by atoms with van der Waals surface area (Å²) in [5.74, 6) is -0.479. The van der Waals surface area contributed by atoms with E-state index in [0.29, 0.717) is 16.4 Å². The van der Waals surface area contributed by atoms with Crippen molar-refractivity contribution in [1.29, 1.82) is 0 Å². The summed E-state index contributed by atoms with van der Waals surface area (Å²) < 4.78 is 27.9. The van der Waals surface area contributed by atoms with Crippen molar-refractivity contribution in [3.63, 3.8) is 0 Å². The molecule has 0 unspecified atom stereocenters. The van der Waals surface area contributed by atoms with Crippen LogP contribution in [0.1, 0.15) is 15.9 Å². The molecule has 0 saturated heterocycles. The van der Waals surface area contributed by atoms with E-state index in [-0.39, 0.29) is 22.8 Å². The maximum atomic E-state index is 12.7. The number of carbonyl (C=O) groups is 2. The van der Waals surface area contributed by atoms with E-state index in [1.54, 1.807) is 56.6 Å². The van der Waals surface area contributed by atoms with Gasteiger partial charge in [0.05, 0.1) is 17.0 Å². The smallest absolute Gasteiger partial charge is 0.261 e. The Bertz CT molecular complexity index is 1240. The molecule has 0 aromatic heterocycles. The molecule has 9 heteroatoms. The summed E-state index contributed by atoms with van der Waals surface area (Å²) in [6, 6.07) is 19.0. The topological polar surface area (TPSA) is 95.6 Å². The number of anilines is 2. The summed E-state index contributed by atoms with van der Waals surface area (Å²) in [7, 11) is -0.527. The third-order valence-corrected chi connectivity index (χ3v) is 6.16. The fourth-order valence-electron chi connectivity index (χ4n) is 2.81. The number of amides is 2. The Morgan fingerprint density at radius 2 is 1.59 bits per heavy atom. The monoisotopic (exact) mass is 471 g/mol. The predicted molar refractivity (Wildman–Crippen MR) is 125 cm³/mol. The highest BCUT2D eigenvalue weighted by atomic mass is 35.5. The van der Waals surface area contributed by atoms with Crippen molar-refractivity contribution in [2.75, 3.05) is 24.1 Å². The van der Waals surface area contributed by atoms with Crippen molar-refractivity contribution in [2.45, 2.75) is 11.3 Å². The lowest BCUT2D eigenvalue weighted by atomic mass is 10.1. The van der Waals surface area contributed by atoms with Crippen molar-refractivity contribution in [1.82, 2.24) is 4.90 Å². The Balaban J connectivity index is 1.72. The number of likely N-dealkylation sites (N-methyl/N-ethyl adjacent to an activating group) is 1. The highest BCUT2D eigenvalue weighted by Gasteiger charge is 2.17. The third kappa shape index (κ3) is 6.09. The number of carbonyl (C=O) groups excluding carboxylic acids is 2. The third-order valence-electron chi connectivity index (χ3n) is 4.55. The van der Waals surface area contributed by atoms with E-state index in [9.17, 15) is 18.0 Å². The lowest BCUT2D eigenvalue weighted by molar-refractivity contribution is -0.127. The molecule has 166 valence electrons. The predicted octanol–water partition coefficient (Wildman–Crippen LogP) is 4.02. The van der Waals surface area contributed by atoms with Crippen LogP contribution in [0.2, 0.25) is 5.02 Å². The molecule has 2 amide bonds. The molecular weight excluding hydrogens is 450 g/mol. The number of sulfonamides is 1. The second kappa shape index (κ2) is 9.84. The van der Waals surface area contributed by atoms with Gasteiger partial charge in [-0.3, -0.25) is 14.3 Å². The Labute approximate surface area is 192 Å². The molecule has 0 radical (unpaired) electrons. The van der Waals surface area contributed by atoms with E-state index >= 15 is 0 Å². The van der Waals surface area contributed by atoms with Gasteiger partial charge in [0.2, 0.25) is 5.91 Å². The van der Waals surface area contributed by atoms with Gasteiger partial charge < -0.3 is 10.2 Å². The van der Waals surface area contributed by atoms with Gasteiger partial charge in [0.1, 0.15) is 0 Å². The van der Waals surface area contributed by atoms with Crippen LogP contribution in [-0.2, 0) is 21.2 Å². The second-order valence-electron chi connectivity index (χ2n) is 7.26. The van der Waals surface area contributed by atoms with Crippen LogP contribution in [-0.4, -0.2) is 39.2 Å². The zero-order valence-corrected chi connectivity index (χ0v) is 19.1. The van der Waals surface area contributed by atoms with Gasteiger partial charge in [-0.1, -0.05) is 35.9 Å².